The van der Waals surface area contributed by atoms with Gasteiger partial charge in [0.05, 0.1) is 11.5 Å². The maximum atomic E-state index is 13.0. The normalized spacial score (nSPS) is 15.7. The molecule has 1 fully saturated rings. The molecule has 3 rings (SSSR count). The minimum atomic E-state index is -3.59. The molecule has 0 atom stereocenters. The number of ether oxygens (including phenoxy) is 1. The van der Waals surface area contributed by atoms with Gasteiger partial charge in [-0.3, -0.25) is 4.79 Å². The number of nitrogens with zero attached hydrogens (tertiary/aromatic N) is 1. The van der Waals surface area contributed by atoms with Gasteiger partial charge in [0.15, 0.2) is 0 Å². The third-order valence-electron chi connectivity index (χ3n) is 5.56. The number of benzene rings is 2. The van der Waals surface area contributed by atoms with Crippen molar-refractivity contribution < 1.29 is 17.9 Å². The first-order valence-electron chi connectivity index (χ1n) is 10.3. The van der Waals surface area contributed by atoms with Crippen molar-refractivity contribution >= 4 is 21.6 Å². The molecular weight excluding hydrogens is 400 g/mol. The minimum absolute atomic E-state index is 0.0438. The van der Waals surface area contributed by atoms with Crippen LogP contribution in [0.2, 0.25) is 0 Å². The van der Waals surface area contributed by atoms with E-state index >= 15 is 0 Å². The zero-order valence-electron chi connectivity index (χ0n) is 18.1. The second kappa shape index (κ2) is 9.18. The molecule has 30 heavy (non-hydrogen) atoms. The zero-order valence-corrected chi connectivity index (χ0v) is 18.9. The van der Waals surface area contributed by atoms with E-state index in [0.717, 1.165) is 22.4 Å². The number of nitrogens with one attached hydrogen (secondary N) is 1. The molecule has 0 spiro atoms. The minimum Gasteiger partial charge on any atom is -0.494 e. The largest absolute Gasteiger partial charge is 0.494 e. The highest BCUT2D eigenvalue weighted by Gasteiger charge is 2.32. The summed E-state index contributed by atoms with van der Waals surface area (Å²) in [6.45, 7) is 8.88. The Morgan fingerprint density at radius 2 is 1.77 bits per heavy atom. The summed E-state index contributed by atoms with van der Waals surface area (Å²) in [6.07, 6.45) is 1.01. The molecule has 1 aliphatic rings. The Morgan fingerprint density at radius 3 is 2.40 bits per heavy atom. The van der Waals surface area contributed by atoms with E-state index in [0.29, 0.717) is 38.3 Å². The second-order valence-electron chi connectivity index (χ2n) is 7.85. The fourth-order valence-corrected chi connectivity index (χ4v) is 5.27. The maximum absolute atomic E-state index is 13.0. The van der Waals surface area contributed by atoms with Gasteiger partial charge in [0, 0.05) is 24.7 Å². The van der Waals surface area contributed by atoms with Crippen LogP contribution in [0.15, 0.2) is 41.3 Å². The molecule has 1 saturated heterocycles. The van der Waals surface area contributed by atoms with Crippen molar-refractivity contribution in [2.24, 2.45) is 5.92 Å². The summed E-state index contributed by atoms with van der Waals surface area (Å²) in [6, 6.07) is 10.9. The van der Waals surface area contributed by atoms with Crippen molar-refractivity contribution in [1.29, 1.82) is 0 Å². The number of rotatable bonds is 6. The lowest BCUT2D eigenvalue weighted by Gasteiger charge is -2.30. The number of carbonyl (C=O) groups excluding carboxylic acids is 1. The van der Waals surface area contributed by atoms with Crippen LogP contribution in [0.1, 0.15) is 36.5 Å². The van der Waals surface area contributed by atoms with E-state index in [1.807, 2.05) is 45.9 Å². The molecule has 6 nitrogen and oxygen atoms in total. The lowest BCUT2D eigenvalue weighted by atomic mass is 9.97. The highest BCUT2D eigenvalue weighted by Crippen LogP contribution is 2.28. The Hall–Kier alpha value is -2.38. The van der Waals surface area contributed by atoms with Crippen molar-refractivity contribution in [3.8, 4) is 5.75 Å². The van der Waals surface area contributed by atoms with E-state index in [-0.39, 0.29) is 16.7 Å². The molecule has 162 valence electrons. The predicted octanol–water partition coefficient (Wildman–Crippen LogP) is 4.05. The summed E-state index contributed by atoms with van der Waals surface area (Å²) in [7, 11) is -3.59. The molecule has 1 aliphatic heterocycles. The highest BCUT2D eigenvalue weighted by molar-refractivity contribution is 7.89. The summed E-state index contributed by atoms with van der Waals surface area (Å²) in [5, 5.41) is 3.01. The Labute approximate surface area is 179 Å². The van der Waals surface area contributed by atoms with Crippen LogP contribution in [-0.4, -0.2) is 38.3 Å². The van der Waals surface area contributed by atoms with Crippen molar-refractivity contribution in [3.05, 3.63) is 53.1 Å². The summed E-state index contributed by atoms with van der Waals surface area (Å²) < 4.78 is 33.1. The third-order valence-corrected chi connectivity index (χ3v) is 7.45. The first-order valence-corrected chi connectivity index (χ1v) is 11.8. The van der Waals surface area contributed by atoms with E-state index in [4.69, 9.17) is 4.74 Å². The van der Waals surface area contributed by atoms with E-state index in [2.05, 4.69) is 5.32 Å². The molecule has 1 amide bonds. The number of amides is 1. The van der Waals surface area contributed by atoms with E-state index in [1.54, 1.807) is 18.2 Å². The number of anilines is 1. The third kappa shape index (κ3) is 4.84. The number of aryl methyl sites for hydroxylation is 3. The van der Waals surface area contributed by atoms with Crippen molar-refractivity contribution in [3.63, 3.8) is 0 Å². The van der Waals surface area contributed by atoms with Crippen LogP contribution < -0.4 is 10.1 Å². The topological polar surface area (TPSA) is 75.7 Å². The summed E-state index contributed by atoms with van der Waals surface area (Å²) in [4.78, 5) is 13.0. The molecule has 1 N–H and O–H groups in total. The van der Waals surface area contributed by atoms with Crippen LogP contribution in [-0.2, 0) is 14.8 Å². The first-order chi connectivity index (χ1) is 14.2. The lowest BCUT2D eigenvalue weighted by molar-refractivity contribution is -0.120. The number of hydrogen-bond acceptors (Lipinski definition) is 4. The molecule has 0 bridgehead atoms. The second-order valence-corrected chi connectivity index (χ2v) is 9.78. The van der Waals surface area contributed by atoms with Gasteiger partial charge in [-0.25, -0.2) is 8.42 Å². The van der Waals surface area contributed by atoms with Gasteiger partial charge in [-0.15, -0.1) is 0 Å². The Balaban J connectivity index is 1.65. The number of hydrogen-bond donors (Lipinski definition) is 1. The van der Waals surface area contributed by atoms with Gasteiger partial charge >= 0.3 is 0 Å². The SMILES string of the molecule is CCOc1ccc(S(=O)(=O)N2CCC(C(=O)Nc3cc(C)ccc3C)CC2)cc1C. The molecule has 7 heteroatoms. The van der Waals surface area contributed by atoms with Crippen molar-refractivity contribution in [2.75, 3.05) is 25.0 Å². The Morgan fingerprint density at radius 1 is 1.07 bits per heavy atom. The van der Waals surface area contributed by atoms with Gasteiger partial charge in [-0.1, -0.05) is 12.1 Å². The monoisotopic (exact) mass is 430 g/mol. The van der Waals surface area contributed by atoms with E-state index in [1.165, 1.54) is 4.31 Å². The molecule has 0 aromatic heterocycles. The molecule has 2 aromatic carbocycles. The summed E-state index contributed by atoms with van der Waals surface area (Å²) in [5.41, 5.74) is 3.71. The summed E-state index contributed by atoms with van der Waals surface area (Å²) in [5.74, 6) is 0.453. The standard InChI is InChI=1S/C23H30N2O4S/c1-5-29-22-9-8-20(15-18(22)4)30(27,28)25-12-10-19(11-13-25)23(26)24-21-14-16(2)6-7-17(21)3/h6-9,14-15,19H,5,10-13H2,1-4H3,(H,24,26). The predicted molar refractivity (Wildman–Crippen MR) is 118 cm³/mol. The Bertz CT molecular complexity index is 1030. The van der Waals surface area contributed by atoms with Crippen LogP contribution in [0.5, 0.6) is 5.75 Å². The molecule has 0 radical (unpaired) electrons. The molecule has 0 aliphatic carbocycles. The first kappa shape index (κ1) is 22.3. The number of sulfonamides is 1. The fraction of sp³-hybridized carbons (Fsp3) is 0.435. The van der Waals surface area contributed by atoms with Gasteiger partial charge in [0.25, 0.3) is 0 Å². The molecule has 0 saturated carbocycles. The van der Waals surface area contributed by atoms with Gasteiger partial charge in [0.1, 0.15) is 5.75 Å². The van der Waals surface area contributed by atoms with E-state index in [9.17, 15) is 13.2 Å². The maximum Gasteiger partial charge on any atom is 0.243 e. The lowest BCUT2D eigenvalue weighted by Crippen LogP contribution is -2.41. The van der Waals surface area contributed by atoms with Crippen LogP contribution in [0.25, 0.3) is 0 Å². The van der Waals surface area contributed by atoms with Crippen LogP contribution in [0, 0.1) is 26.7 Å². The van der Waals surface area contributed by atoms with E-state index < -0.39 is 10.0 Å². The number of piperidine rings is 1. The van der Waals surface area contributed by atoms with Crippen LogP contribution >= 0.6 is 0 Å². The zero-order chi connectivity index (χ0) is 21.9. The van der Waals surface area contributed by atoms with Gasteiger partial charge in [-0.05, 0) is 81.5 Å². The van der Waals surface area contributed by atoms with Crippen molar-refractivity contribution in [1.82, 2.24) is 4.31 Å². The molecule has 0 unspecified atom stereocenters. The van der Waals surface area contributed by atoms with Gasteiger partial charge in [-0.2, -0.15) is 4.31 Å². The molecule has 2 aromatic rings. The fourth-order valence-electron chi connectivity index (χ4n) is 3.71. The quantitative estimate of drug-likeness (QED) is 0.750. The van der Waals surface area contributed by atoms with Crippen LogP contribution in [0.3, 0.4) is 0 Å². The summed E-state index contributed by atoms with van der Waals surface area (Å²) >= 11 is 0. The Kier molecular flexibility index (Phi) is 6.83. The van der Waals surface area contributed by atoms with Crippen LogP contribution in [0.4, 0.5) is 5.69 Å². The average Bonchev–Trinajstić information content (AvgIpc) is 2.72. The molecular formula is C23H30N2O4S. The highest BCUT2D eigenvalue weighted by atomic mass is 32.2. The number of carbonyl (C=O) groups is 1. The average molecular weight is 431 g/mol. The molecule has 1 heterocycles. The smallest absolute Gasteiger partial charge is 0.243 e. The van der Waals surface area contributed by atoms with Gasteiger partial charge < -0.3 is 10.1 Å². The van der Waals surface area contributed by atoms with Crippen molar-refractivity contribution in [2.45, 2.75) is 45.4 Å². The van der Waals surface area contributed by atoms with Gasteiger partial charge in [0.2, 0.25) is 15.9 Å².